The monoisotopic (exact) mass is 588 g/mol. The Hall–Kier alpha value is -4.60. The molecule has 0 saturated heterocycles. The summed E-state index contributed by atoms with van der Waals surface area (Å²) in [6.45, 7) is 11.5. The highest BCUT2D eigenvalue weighted by Gasteiger charge is 2.26. The molecule has 4 heterocycles. The molecule has 0 radical (unpaired) electrons. The SMILES string of the molecule is CCC1=C(C)/C(=C\c2[nH]c(Cc3[nH]c(/C=C4/NC(=O)C(C)=C4CC)c(C)c3CCC(=O)O)c(CCC(=O)O)c2C)NC1=O. The molecule has 0 atom stereocenters. The molecule has 10 heteroatoms. The normalized spacial score (nSPS) is 17.1. The number of aromatic amines is 2. The fraction of sp³-hybridized carbons (Fsp3) is 0.394. The summed E-state index contributed by atoms with van der Waals surface area (Å²) in [7, 11) is 0. The maximum Gasteiger partial charge on any atom is 0.303 e. The molecule has 2 aromatic heterocycles. The van der Waals surface area contributed by atoms with E-state index >= 15 is 0 Å². The first-order chi connectivity index (χ1) is 20.4. The van der Waals surface area contributed by atoms with E-state index < -0.39 is 11.9 Å². The van der Waals surface area contributed by atoms with E-state index in [1.807, 2.05) is 46.8 Å². The topological polar surface area (TPSA) is 164 Å². The maximum atomic E-state index is 12.4. The third-order valence-corrected chi connectivity index (χ3v) is 8.57. The lowest BCUT2D eigenvalue weighted by Gasteiger charge is -2.07. The van der Waals surface area contributed by atoms with Crippen molar-refractivity contribution in [2.45, 2.75) is 86.5 Å². The predicted molar refractivity (Wildman–Crippen MR) is 164 cm³/mol. The number of hydrogen-bond acceptors (Lipinski definition) is 4. The van der Waals surface area contributed by atoms with Crippen LogP contribution in [-0.4, -0.2) is 43.9 Å². The number of aromatic nitrogens is 2. The first-order valence-corrected chi connectivity index (χ1v) is 14.7. The van der Waals surface area contributed by atoms with Crippen molar-refractivity contribution in [3.8, 4) is 0 Å². The molecule has 0 saturated carbocycles. The van der Waals surface area contributed by atoms with E-state index in [2.05, 4.69) is 20.6 Å². The maximum absolute atomic E-state index is 12.4. The predicted octanol–water partition coefficient (Wildman–Crippen LogP) is 4.98. The Kier molecular flexibility index (Phi) is 9.27. The molecule has 0 aliphatic carbocycles. The number of carboxylic acids is 2. The molecule has 2 aliphatic rings. The Morgan fingerprint density at radius 1 is 0.674 bits per heavy atom. The lowest BCUT2D eigenvalue weighted by atomic mass is 9.98. The molecule has 0 bridgehead atoms. The molecule has 43 heavy (non-hydrogen) atoms. The van der Waals surface area contributed by atoms with Crippen molar-refractivity contribution < 1.29 is 29.4 Å². The largest absolute Gasteiger partial charge is 0.481 e. The second-order valence-corrected chi connectivity index (χ2v) is 11.1. The minimum atomic E-state index is -0.902. The number of carbonyl (C=O) groups excluding carboxylic acids is 2. The molecule has 2 amide bonds. The number of rotatable bonds is 12. The van der Waals surface area contributed by atoms with Crippen LogP contribution in [0.2, 0.25) is 0 Å². The van der Waals surface area contributed by atoms with Crippen LogP contribution in [0.15, 0.2) is 33.7 Å². The summed E-state index contributed by atoms with van der Waals surface area (Å²) in [5, 5.41) is 24.8. The quantitative estimate of drug-likeness (QED) is 0.205. The van der Waals surface area contributed by atoms with Gasteiger partial charge < -0.3 is 30.8 Å². The van der Waals surface area contributed by atoms with Crippen molar-refractivity contribution in [3.05, 3.63) is 78.7 Å². The summed E-state index contributed by atoms with van der Waals surface area (Å²) in [6.07, 6.45) is 6.04. The minimum Gasteiger partial charge on any atom is -0.481 e. The number of hydrogen-bond donors (Lipinski definition) is 6. The highest BCUT2D eigenvalue weighted by Crippen LogP contribution is 2.32. The summed E-state index contributed by atoms with van der Waals surface area (Å²) in [5.41, 5.74) is 11.5. The minimum absolute atomic E-state index is 0.0459. The molecule has 0 unspecified atom stereocenters. The lowest BCUT2D eigenvalue weighted by molar-refractivity contribution is -0.138. The summed E-state index contributed by atoms with van der Waals surface area (Å²) in [4.78, 5) is 54.8. The van der Waals surface area contributed by atoms with Gasteiger partial charge in [-0.2, -0.15) is 0 Å². The van der Waals surface area contributed by atoms with E-state index in [0.29, 0.717) is 43.4 Å². The number of allylic oxidation sites excluding steroid dienone is 2. The first-order valence-electron chi connectivity index (χ1n) is 14.7. The van der Waals surface area contributed by atoms with Crippen LogP contribution in [0.25, 0.3) is 12.2 Å². The Balaban J connectivity index is 1.79. The fourth-order valence-electron chi connectivity index (χ4n) is 6.04. The second kappa shape index (κ2) is 12.7. The first kappa shape index (κ1) is 31.3. The van der Waals surface area contributed by atoms with Crippen LogP contribution in [0.3, 0.4) is 0 Å². The van der Waals surface area contributed by atoms with Crippen molar-refractivity contribution in [1.29, 1.82) is 0 Å². The number of H-pyrrole nitrogens is 2. The highest BCUT2D eigenvalue weighted by molar-refractivity contribution is 6.01. The van der Waals surface area contributed by atoms with E-state index in [-0.39, 0.29) is 24.7 Å². The Morgan fingerprint density at radius 3 is 1.58 bits per heavy atom. The van der Waals surface area contributed by atoms with Crippen molar-refractivity contribution >= 4 is 35.9 Å². The fourth-order valence-corrected chi connectivity index (χ4v) is 6.04. The zero-order valence-electron chi connectivity index (χ0n) is 25.6. The van der Waals surface area contributed by atoms with Crippen LogP contribution in [0.5, 0.6) is 0 Å². The Morgan fingerprint density at radius 2 is 1.14 bits per heavy atom. The highest BCUT2D eigenvalue weighted by atomic mass is 16.4. The average Bonchev–Trinajstić information content (AvgIpc) is 3.59. The van der Waals surface area contributed by atoms with Crippen LogP contribution in [0.1, 0.15) is 98.4 Å². The van der Waals surface area contributed by atoms with Gasteiger partial charge in [-0.25, -0.2) is 0 Å². The molecule has 4 rings (SSSR count). The molecule has 0 spiro atoms. The lowest BCUT2D eigenvalue weighted by Crippen LogP contribution is -2.16. The van der Waals surface area contributed by atoms with Gasteiger partial charge in [0.2, 0.25) is 0 Å². The molecular weight excluding hydrogens is 548 g/mol. The van der Waals surface area contributed by atoms with Gasteiger partial charge in [0.05, 0.1) is 0 Å². The van der Waals surface area contributed by atoms with Crippen molar-refractivity contribution in [1.82, 2.24) is 20.6 Å². The molecule has 228 valence electrons. The van der Waals surface area contributed by atoms with E-state index in [4.69, 9.17) is 0 Å². The van der Waals surface area contributed by atoms with Gasteiger partial charge in [0, 0.05) is 64.6 Å². The van der Waals surface area contributed by atoms with Gasteiger partial charge in [-0.3, -0.25) is 19.2 Å². The molecule has 10 nitrogen and oxygen atoms in total. The van der Waals surface area contributed by atoms with Gasteiger partial charge in [-0.15, -0.1) is 0 Å². The van der Waals surface area contributed by atoms with E-state index in [0.717, 1.165) is 67.4 Å². The van der Waals surface area contributed by atoms with Crippen LogP contribution < -0.4 is 10.6 Å². The summed E-state index contributed by atoms with van der Waals surface area (Å²) in [5.74, 6) is -2.04. The molecular formula is C33H40N4O6. The molecule has 0 aromatic carbocycles. The third-order valence-electron chi connectivity index (χ3n) is 8.57. The van der Waals surface area contributed by atoms with Gasteiger partial charge in [0.1, 0.15) is 0 Å². The van der Waals surface area contributed by atoms with Crippen LogP contribution in [0.4, 0.5) is 0 Å². The van der Waals surface area contributed by atoms with E-state index in [9.17, 15) is 29.4 Å². The summed E-state index contributed by atoms with van der Waals surface area (Å²) >= 11 is 0. The summed E-state index contributed by atoms with van der Waals surface area (Å²) < 4.78 is 0. The van der Waals surface area contributed by atoms with Crippen LogP contribution >= 0.6 is 0 Å². The van der Waals surface area contributed by atoms with Crippen molar-refractivity contribution in [3.63, 3.8) is 0 Å². The smallest absolute Gasteiger partial charge is 0.303 e. The zero-order valence-corrected chi connectivity index (χ0v) is 25.6. The number of nitrogens with one attached hydrogen (secondary N) is 4. The van der Waals surface area contributed by atoms with Gasteiger partial charge in [0.25, 0.3) is 11.8 Å². The average molecular weight is 589 g/mol. The van der Waals surface area contributed by atoms with Crippen molar-refractivity contribution in [2.24, 2.45) is 0 Å². The van der Waals surface area contributed by atoms with Gasteiger partial charge >= 0.3 is 11.9 Å². The van der Waals surface area contributed by atoms with E-state index in [1.165, 1.54) is 0 Å². The Labute approximate surface area is 251 Å². The third kappa shape index (κ3) is 6.43. The molecule has 2 aromatic rings. The van der Waals surface area contributed by atoms with Gasteiger partial charge in [-0.1, -0.05) is 13.8 Å². The van der Waals surface area contributed by atoms with Crippen molar-refractivity contribution in [2.75, 3.05) is 0 Å². The Bertz CT molecular complexity index is 1640. The molecule has 0 fully saturated rings. The summed E-state index contributed by atoms with van der Waals surface area (Å²) in [6, 6.07) is 0. The number of aliphatic carboxylic acids is 2. The van der Waals surface area contributed by atoms with Crippen LogP contribution in [0, 0.1) is 13.8 Å². The van der Waals surface area contributed by atoms with Gasteiger partial charge in [-0.05, 0) is 98.9 Å². The molecule has 6 N–H and O–H groups in total. The molecule has 2 aliphatic heterocycles. The number of amides is 2. The van der Waals surface area contributed by atoms with Gasteiger partial charge in [0.15, 0.2) is 0 Å². The number of carboxylic acid groups (broad SMARTS) is 2. The van der Waals surface area contributed by atoms with Crippen LogP contribution in [-0.2, 0) is 38.4 Å². The van der Waals surface area contributed by atoms with E-state index in [1.54, 1.807) is 6.92 Å². The standard InChI is InChI=1S/C33H40N4O6/c1-7-20-19(6)32(42)37-27(20)14-25-18(5)23(10-12-31(40)41)29(35-25)15-28-22(9-11-30(38)39)17(4)24(34-28)13-26-16(3)21(8-2)33(43)36-26/h13-14,34-35H,7-12,15H2,1-6H3,(H,36,43)(H,37,42)(H,38,39)(H,40,41)/b26-13+,27-14+. The number of carbonyl (C=O) groups is 4. The second-order valence-electron chi connectivity index (χ2n) is 11.1. The zero-order chi connectivity index (χ0) is 31.6.